The number of carbonyl (C=O) groups is 2. The Labute approximate surface area is 72.7 Å². The van der Waals surface area contributed by atoms with Gasteiger partial charge in [0, 0.05) is 0 Å². The molecule has 0 radical (unpaired) electrons. The van der Waals surface area contributed by atoms with E-state index in [1.807, 2.05) is 0 Å². The monoisotopic (exact) mass is 172 g/mol. The van der Waals surface area contributed by atoms with E-state index in [0.717, 1.165) is 0 Å². The van der Waals surface area contributed by atoms with E-state index < -0.39 is 6.04 Å². The second kappa shape index (κ2) is 4.87. The number of ketones is 1. The van der Waals surface area contributed by atoms with Crippen molar-refractivity contribution >= 4 is 11.7 Å². The molecular formula is C8H16N2O2. The minimum atomic E-state index is -0.395. The molecule has 70 valence electrons. The van der Waals surface area contributed by atoms with Crippen LogP contribution >= 0.6 is 0 Å². The Bertz CT molecular complexity index is 180. The van der Waals surface area contributed by atoms with Gasteiger partial charge in [0.2, 0.25) is 5.91 Å². The predicted molar refractivity (Wildman–Crippen MR) is 46.8 cm³/mol. The molecule has 0 heterocycles. The van der Waals surface area contributed by atoms with Crippen LogP contribution in [0.4, 0.5) is 0 Å². The summed E-state index contributed by atoms with van der Waals surface area (Å²) in [4.78, 5) is 21.9. The fourth-order valence-corrected chi connectivity index (χ4v) is 0.571. The van der Waals surface area contributed by atoms with Gasteiger partial charge < -0.3 is 10.6 Å². The van der Waals surface area contributed by atoms with Crippen molar-refractivity contribution in [2.75, 3.05) is 7.05 Å². The normalized spacial score (nSPS) is 15.0. The van der Waals surface area contributed by atoms with Crippen LogP contribution in [0.2, 0.25) is 0 Å². The zero-order valence-corrected chi connectivity index (χ0v) is 7.97. The maximum Gasteiger partial charge on any atom is 0.237 e. The Morgan fingerprint density at radius 1 is 1.17 bits per heavy atom. The average Bonchev–Trinajstić information content (AvgIpc) is 2.02. The molecule has 2 atom stereocenters. The van der Waals surface area contributed by atoms with Crippen molar-refractivity contribution in [3.63, 3.8) is 0 Å². The fourth-order valence-electron chi connectivity index (χ4n) is 0.571. The number of likely N-dealkylation sites (N-methyl/N-ethyl adjacent to an activating group) is 1. The first kappa shape index (κ1) is 11.1. The van der Waals surface area contributed by atoms with Gasteiger partial charge in [0.05, 0.1) is 12.1 Å². The van der Waals surface area contributed by atoms with Gasteiger partial charge in [-0.2, -0.15) is 0 Å². The number of carbonyl (C=O) groups excluding carboxylic acids is 2. The number of amides is 1. The van der Waals surface area contributed by atoms with Crippen molar-refractivity contribution in [2.45, 2.75) is 32.9 Å². The standard InChI is InChI=1S/C8H16N2O2/c1-5(7(3)11)10-8(12)6(2)9-4/h5-6,9H,1-4H3,(H,10,12)/t5-,6+/m0/s1. The Morgan fingerprint density at radius 2 is 1.67 bits per heavy atom. The van der Waals surface area contributed by atoms with Crippen LogP contribution in [0.25, 0.3) is 0 Å². The van der Waals surface area contributed by atoms with Gasteiger partial charge in [0.25, 0.3) is 0 Å². The van der Waals surface area contributed by atoms with Crippen molar-refractivity contribution in [3.05, 3.63) is 0 Å². The zero-order valence-electron chi connectivity index (χ0n) is 7.97. The van der Waals surface area contributed by atoms with Gasteiger partial charge in [-0.1, -0.05) is 0 Å². The molecule has 0 unspecified atom stereocenters. The molecular weight excluding hydrogens is 156 g/mol. The predicted octanol–water partition coefficient (Wildman–Crippen LogP) is -0.312. The molecule has 4 nitrogen and oxygen atoms in total. The van der Waals surface area contributed by atoms with Gasteiger partial charge in [-0.25, -0.2) is 0 Å². The Hall–Kier alpha value is -0.900. The quantitative estimate of drug-likeness (QED) is 0.611. The summed E-state index contributed by atoms with van der Waals surface area (Å²) in [5.74, 6) is -0.188. The summed E-state index contributed by atoms with van der Waals surface area (Å²) in [6, 6.07) is -0.653. The van der Waals surface area contributed by atoms with Crippen molar-refractivity contribution in [2.24, 2.45) is 0 Å². The number of Topliss-reactive ketones (excluding diaryl/α,β-unsaturated/α-hetero) is 1. The van der Waals surface area contributed by atoms with Crippen molar-refractivity contribution < 1.29 is 9.59 Å². The molecule has 0 rings (SSSR count). The first-order valence-corrected chi connectivity index (χ1v) is 3.97. The molecule has 12 heavy (non-hydrogen) atoms. The highest BCUT2D eigenvalue weighted by molar-refractivity contribution is 5.89. The number of hydrogen-bond acceptors (Lipinski definition) is 3. The van der Waals surface area contributed by atoms with Gasteiger partial charge in [0.15, 0.2) is 5.78 Å². The molecule has 0 saturated heterocycles. The van der Waals surface area contributed by atoms with Gasteiger partial charge in [-0.05, 0) is 27.8 Å². The van der Waals surface area contributed by atoms with E-state index in [9.17, 15) is 9.59 Å². The lowest BCUT2D eigenvalue weighted by atomic mass is 10.2. The van der Waals surface area contributed by atoms with Crippen LogP contribution in [-0.4, -0.2) is 30.8 Å². The van der Waals surface area contributed by atoms with Gasteiger partial charge in [-0.3, -0.25) is 9.59 Å². The lowest BCUT2D eigenvalue weighted by Crippen LogP contribution is -2.46. The van der Waals surface area contributed by atoms with E-state index in [0.29, 0.717) is 0 Å². The first-order chi connectivity index (χ1) is 5.49. The minimum Gasteiger partial charge on any atom is -0.345 e. The molecule has 0 aromatic carbocycles. The topological polar surface area (TPSA) is 58.2 Å². The molecule has 0 aromatic heterocycles. The van der Waals surface area contributed by atoms with Crippen molar-refractivity contribution in [1.82, 2.24) is 10.6 Å². The highest BCUT2D eigenvalue weighted by atomic mass is 16.2. The minimum absolute atomic E-state index is 0.0355. The van der Waals surface area contributed by atoms with Crippen LogP contribution in [0.3, 0.4) is 0 Å². The zero-order chi connectivity index (χ0) is 9.72. The molecule has 2 N–H and O–H groups in total. The van der Waals surface area contributed by atoms with E-state index in [1.54, 1.807) is 20.9 Å². The average molecular weight is 172 g/mol. The molecule has 4 heteroatoms. The molecule has 0 aliphatic rings. The van der Waals surface area contributed by atoms with Crippen LogP contribution in [0.1, 0.15) is 20.8 Å². The Kier molecular flexibility index (Phi) is 4.51. The fraction of sp³-hybridized carbons (Fsp3) is 0.750. The molecule has 1 amide bonds. The van der Waals surface area contributed by atoms with Crippen LogP contribution in [-0.2, 0) is 9.59 Å². The molecule has 0 saturated carbocycles. The second-order valence-corrected chi connectivity index (χ2v) is 2.85. The lowest BCUT2D eigenvalue weighted by molar-refractivity contribution is -0.127. The summed E-state index contributed by atoms with van der Waals surface area (Å²) in [5.41, 5.74) is 0. The van der Waals surface area contributed by atoms with Crippen LogP contribution in [0, 0.1) is 0 Å². The maximum atomic E-state index is 11.2. The molecule has 0 fully saturated rings. The third kappa shape index (κ3) is 3.48. The largest absolute Gasteiger partial charge is 0.345 e. The molecule has 0 spiro atoms. The van der Waals surface area contributed by atoms with E-state index in [-0.39, 0.29) is 17.7 Å². The van der Waals surface area contributed by atoms with Crippen molar-refractivity contribution in [3.8, 4) is 0 Å². The van der Waals surface area contributed by atoms with Crippen LogP contribution < -0.4 is 10.6 Å². The number of rotatable bonds is 4. The number of nitrogens with one attached hydrogen (secondary N) is 2. The lowest BCUT2D eigenvalue weighted by Gasteiger charge is -2.14. The Morgan fingerprint density at radius 3 is 2.00 bits per heavy atom. The maximum absolute atomic E-state index is 11.2. The Balaban J connectivity index is 3.92. The summed E-state index contributed by atoms with van der Waals surface area (Å²) in [6.07, 6.45) is 0. The van der Waals surface area contributed by atoms with E-state index in [4.69, 9.17) is 0 Å². The smallest absolute Gasteiger partial charge is 0.237 e. The summed E-state index contributed by atoms with van der Waals surface area (Å²) >= 11 is 0. The van der Waals surface area contributed by atoms with Gasteiger partial charge in [0.1, 0.15) is 0 Å². The second-order valence-electron chi connectivity index (χ2n) is 2.85. The van der Waals surface area contributed by atoms with E-state index >= 15 is 0 Å². The van der Waals surface area contributed by atoms with E-state index in [1.165, 1.54) is 6.92 Å². The molecule has 0 aromatic rings. The van der Waals surface area contributed by atoms with Gasteiger partial charge >= 0.3 is 0 Å². The third-order valence-electron chi connectivity index (χ3n) is 1.79. The molecule has 0 bridgehead atoms. The SMILES string of the molecule is CN[C@H](C)C(=O)N[C@@H](C)C(C)=O. The van der Waals surface area contributed by atoms with Gasteiger partial charge in [-0.15, -0.1) is 0 Å². The number of hydrogen-bond donors (Lipinski definition) is 2. The van der Waals surface area contributed by atoms with Crippen molar-refractivity contribution in [1.29, 1.82) is 0 Å². The third-order valence-corrected chi connectivity index (χ3v) is 1.79. The first-order valence-electron chi connectivity index (χ1n) is 3.97. The van der Waals surface area contributed by atoms with E-state index in [2.05, 4.69) is 10.6 Å². The highest BCUT2D eigenvalue weighted by Crippen LogP contribution is 1.86. The molecule has 0 aliphatic heterocycles. The van der Waals surface area contributed by atoms with Crippen LogP contribution in [0.5, 0.6) is 0 Å². The summed E-state index contributed by atoms with van der Waals surface area (Å²) < 4.78 is 0. The summed E-state index contributed by atoms with van der Waals surface area (Å²) in [6.45, 7) is 4.86. The highest BCUT2D eigenvalue weighted by Gasteiger charge is 2.14. The summed E-state index contributed by atoms with van der Waals surface area (Å²) in [5, 5.41) is 5.36. The summed E-state index contributed by atoms with van der Waals surface area (Å²) in [7, 11) is 1.70. The molecule has 0 aliphatic carbocycles. The van der Waals surface area contributed by atoms with Crippen LogP contribution in [0.15, 0.2) is 0 Å².